The van der Waals surface area contributed by atoms with Gasteiger partial charge in [0.2, 0.25) is 0 Å². The number of fused-ring (bicyclic) bond motifs is 1. The minimum Gasteiger partial charge on any atom is -0.324 e. The molecule has 0 fully saturated rings. The molecule has 0 amide bonds. The Balaban J connectivity index is 2.07. The van der Waals surface area contributed by atoms with E-state index >= 15 is 0 Å². The zero-order chi connectivity index (χ0) is 14.7. The molecule has 0 aliphatic carbocycles. The molecule has 0 aliphatic rings. The van der Waals surface area contributed by atoms with Gasteiger partial charge in [0.05, 0.1) is 11.0 Å². The van der Waals surface area contributed by atoms with Gasteiger partial charge in [-0.3, -0.25) is 0 Å². The number of aromatic nitrogens is 2. The SMILES string of the molecule is Fc1ccc(-c2nc3ccccc3n2CCCCBr)cc1. The minimum absolute atomic E-state index is 0.222. The first kappa shape index (κ1) is 14.3. The average Bonchev–Trinajstić information content (AvgIpc) is 2.87. The van der Waals surface area contributed by atoms with Crippen molar-refractivity contribution in [3.05, 3.63) is 54.3 Å². The predicted molar refractivity (Wildman–Crippen MR) is 88.2 cm³/mol. The van der Waals surface area contributed by atoms with Crippen molar-refractivity contribution in [3.63, 3.8) is 0 Å². The van der Waals surface area contributed by atoms with Gasteiger partial charge in [-0.25, -0.2) is 9.37 Å². The minimum atomic E-state index is -0.222. The lowest BCUT2D eigenvalue weighted by molar-refractivity contribution is 0.627. The Kier molecular flexibility index (Phi) is 4.34. The van der Waals surface area contributed by atoms with Gasteiger partial charge in [0, 0.05) is 17.4 Å². The second-order valence-corrected chi connectivity index (χ2v) is 5.77. The van der Waals surface area contributed by atoms with Gasteiger partial charge in [0.1, 0.15) is 11.6 Å². The molecule has 0 bridgehead atoms. The van der Waals surface area contributed by atoms with E-state index in [0.29, 0.717) is 0 Å². The van der Waals surface area contributed by atoms with Crippen LogP contribution in [0.25, 0.3) is 22.4 Å². The summed E-state index contributed by atoms with van der Waals surface area (Å²) in [6.07, 6.45) is 2.20. The molecule has 3 aromatic rings. The topological polar surface area (TPSA) is 17.8 Å². The third-order valence-electron chi connectivity index (χ3n) is 3.52. The Labute approximate surface area is 131 Å². The van der Waals surface area contributed by atoms with Crippen LogP contribution in [0, 0.1) is 5.82 Å². The van der Waals surface area contributed by atoms with Crippen molar-refractivity contribution < 1.29 is 4.39 Å². The lowest BCUT2D eigenvalue weighted by Crippen LogP contribution is -2.01. The fourth-order valence-corrected chi connectivity index (χ4v) is 2.88. The molecule has 1 aromatic heterocycles. The first-order chi connectivity index (χ1) is 10.3. The maximum absolute atomic E-state index is 13.1. The van der Waals surface area contributed by atoms with E-state index in [1.165, 1.54) is 12.1 Å². The van der Waals surface area contributed by atoms with Crippen LogP contribution >= 0.6 is 15.9 Å². The molecule has 3 rings (SSSR count). The fourth-order valence-electron chi connectivity index (χ4n) is 2.49. The van der Waals surface area contributed by atoms with E-state index in [0.717, 1.165) is 47.1 Å². The quantitative estimate of drug-likeness (QED) is 0.468. The second kappa shape index (κ2) is 6.39. The number of alkyl halides is 1. The van der Waals surface area contributed by atoms with E-state index in [1.807, 2.05) is 18.2 Å². The molecule has 4 heteroatoms. The molecule has 108 valence electrons. The second-order valence-electron chi connectivity index (χ2n) is 4.98. The number of hydrogen-bond acceptors (Lipinski definition) is 1. The van der Waals surface area contributed by atoms with Crippen molar-refractivity contribution in [3.8, 4) is 11.4 Å². The number of para-hydroxylation sites is 2. The number of hydrogen-bond donors (Lipinski definition) is 0. The summed E-state index contributed by atoms with van der Waals surface area (Å²) in [7, 11) is 0. The zero-order valence-corrected chi connectivity index (χ0v) is 13.2. The van der Waals surface area contributed by atoms with Crippen LogP contribution in [0.3, 0.4) is 0 Å². The summed E-state index contributed by atoms with van der Waals surface area (Å²) < 4.78 is 15.4. The van der Waals surface area contributed by atoms with Gasteiger partial charge >= 0.3 is 0 Å². The van der Waals surface area contributed by atoms with Crippen molar-refractivity contribution in [2.24, 2.45) is 0 Å². The zero-order valence-electron chi connectivity index (χ0n) is 11.6. The molecule has 0 atom stereocenters. The summed E-state index contributed by atoms with van der Waals surface area (Å²) in [5.74, 6) is 0.687. The van der Waals surface area contributed by atoms with Crippen LogP contribution in [-0.2, 0) is 6.54 Å². The van der Waals surface area contributed by atoms with E-state index in [9.17, 15) is 4.39 Å². The summed E-state index contributed by atoms with van der Waals surface area (Å²) in [6.45, 7) is 0.915. The number of benzene rings is 2. The van der Waals surface area contributed by atoms with Gasteiger partial charge < -0.3 is 4.57 Å². The molecule has 0 radical (unpaired) electrons. The van der Waals surface area contributed by atoms with Crippen LogP contribution in [0.15, 0.2) is 48.5 Å². The Hall–Kier alpha value is -1.68. The molecule has 1 heterocycles. The first-order valence-corrected chi connectivity index (χ1v) is 8.19. The molecule has 0 unspecified atom stereocenters. The lowest BCUT2D eigenvalue weighted by Gasteiger charge is -2.09. The smallest absolute Gasteiger partial charge is 0.141 e. The van der Waals surface area contributed by atoms with Gasteiger partial charge in [-0.05, 0) is 49.2 Å². The number of halogens is 2. The van der Waals surface area contributed by atoms with Crippen LogP contribution in [-0.4, -0.2) is 14.9 Å². The molecule has 0 aliphatic heterocycles. The van der Waals surface area contributed by atoms with Gasteiger partial charge in [0.15, 0.2) is 0 Å². The summed E-state index contributed by atoms with van der Waals surface area (Å²) in [4.78, 5) is 4.72. The highest BCUT2D eigenvalue weighted by Crippen LogP contribution is 2.25. The van der Waals surface area contributed by atoms with Crippen molar-refractivity contribution in [2.45, 2.75) is 19.4 Å². The molecular weight excluding hydrogens is 331 g/mol. The van der Waals surface area contributed by atoms with Crippen molar-refractivity contribution in [1.29, 1.82) is 0 Å². The molecular formula is C17H16BrFN2. The molecule has 0 spiro atoms. The van der Waals surface area contributed by atoms with E-state index < -0.39 is 0 Å². The molecule has 2 aromatic carbocycles. The number of rotatable bonds is 5. The Morgan fingerprint density at radius 3 is 2.52 bits per heavy atom. The molecule has 21 heavy (non-hydrogen) atoms. The van der Waals surface area contributed by atoms with Crippen molar-refractivity contribution >= 4 is 27.0 Å². The Bertz CT molecular complexity index is 734. The third kappa shape index (κ3) is 3.00. The van der Waals surface area contributed by atoms with Crippen LogP contribution in [0.5, 0.6) is 0 Å². The highest BCUT2D eigenvalue weighted by Gasteiger charge is 2.11. The van der Waals surface area contributed by atoms with Crippen LogP contribution < -0.4 is 0 Å². The highest BCUT2D eigenvalue weighted by molar-refractivity contribution is 9.09. The predicted octanol–water partition coefficient (Wildman–Crippen LogP) is 5.02. The standard InChI is InChI=1S/C17H16BrFN2/c18-11-3-4-12-21-16-6-2-1-5-15(16)20-17(21)13-7-9-14(19)10-8-13/h1-2,5-10H,3-4,11-12H2. The largest absolute Gasteiger partial charge is 0.324 e. The van der Waals surface area contributed by atoms with Crippen LogP contribution in [0.1, 0.15) is 12.8 Å². The third-order valence-corrected chi connectivity index (χ3v) is 4.08. The van der Waals surface area contributed by atoms with Gasteiger partial charge in [0.25, 0.3) is 0 Å². The van der Waals surface area contributed by atoms with Gasteiger partial charge in [-0.2, -0.15) is 0 Å². The van der Waals surface area contributed by atoms with Crippen molar-refractivity contribution in [1.82, 2.24) is 9.55 Å². The maximum Gasteiger partial charge on any atom is 0.141 e. The first-order valence-electron chi connectivity index (χ1n) is 7.07. The monoisotopic (exact) mass is 346 g/mol. The van der Waals surface area contributed by atoms with Crippen molar-refractivity contribution in [2.75, 3.05) is 5.33 Å². The maximum atomic E-state index is 13.1. The molecule has 0 saturated carbocycles. The number of nitrogens with zero attached hydrogens (tertiary/aromatic N) is 2. The van der Waals surface area contributed by atoms with E-state index in [-0.39, 0.29) is 5.82 Å². The number of aryl methyl sites for hydroxylation is 1. The van der Waals surface area contributed by atoms with Crippen LogP contribution in [0.4, 0.5) is 4.39 Å². The van der Waals surface area contributed by atoms with E-state index in [1.54, 1.807) is 12.1 Å². The summed E-state index contributed by atoms with van der Waals surface area (Å²) in [5, 5.41) is 1.01. The van der Waals surface area contributed by atoms with Crippen LogP contribution in [0.2, 0.25) is 0 Å². The lowest BCUT2D eigenvalue weighted by atomic mass is 10.2. The van der Waals surface area contributed by atoms with E-state index in [4.69, 9.17) is 4.98 Å². The Morgan fingerprint density at radius 2 is 1.76 bits per heavy atom. The fraction of sp³-hybridized carbons (Fsp3) is 0.235. The number of unbranched alkanes of at least 4 members (excludes halogenated alkanes) is 1. The average molecular weight is 347 g/mol. The summed E-state index contributed by atoms with van der Waals surface area (Å²) in [6, 6.07) is 14.7. The summed E-state index contributed by atoms with van der Waals surface area (Å²) in [5.41, 5.74) is 3.06. The Morgan fingerprint density at radius 1 is 1.00 bits per heavy atom. The molecule has 2 nitrogen and oxygen atoms in total. The van der Waals surface area contributed by atoms with E-state index in [2.05, 4.69) is 26.6 Å². The molecule has 0 saturated heterocycles. The molecule has 0 N–H and O–H groups in total. The normalized spacial score (nSPS) is 11.1. The van der Waals surface area contributed by atoms with Gasteiger partial charge in [-0.15, -0.1) is 0 Å². The summed E-state index contributed by atoms with van der Waals surface area (Å²) >= 11 is 3.47. The van der Waals surface area contributed by atoms with Gasteiger partial charge in [-0.1, -0.05) is 28.1 Å². The highest BCUT2D eigenvalue weighted by atomic mass is 79.9. The number of imidazole rings is 1.